The summed E-state index contributed by atoms with van der Waals surface area (Å²) in [6, 6.07) is 58.3. The minimum Gasteiger partial charge on any atom is -0.309 e. The summed E-state index contributed by atoms with van der Waals surface area (Å²) in [6.45, 7) is 0. The van der Waals surface area contributed by atoms with E-state index in [0.717, 1.165) is 0 Å². The number of aromatic nitrogens is 2. The second-order valence-corrected chi connectivity index (χ2v) is 12.6. The van der Waals surface area contributed by atoms with Crippen LogP contribution in [0.2, 0.25) is 0 Å². The molecular weight excluding hydrogens is 556 g/mol. The summed E-state index contributed by atoms with van der Waals surface area (Å²) in [7, 11) is 0. The van der Waals surface area contributed by atoms with E-state index in [0.29, 0.717) is 0 Å². The molecule has 0 spiro atoms. The van der Waals surface area contributed by atoms with Crippen LogP contribution in [0.3, 0.4) is 0 Å². The lowest BCUT2D eigenvalue weighted by atomic mass is 9.97. The van der Waals surface area contributed by atoms with Gasteiger partial charge in [-0.25, -0.2) is 0 Å². The molecule has 2 heteroatoms. The Hall–Kier alpha value is -6.12. The average Bonchev–Trinajstić information content (AvgIpc) is 3.73. The van der Waals surface area contributed by atoms with E-state index in [1.54, 1.807) is 0 Å². The quantitative estimate of drug-likeness (QED) is 0.192. The molecule has 0 unspecified atom stereocenters. The summed E-state index contributed by atoms with van der Waals surface area (Å²) in [5.41, 5.74) is 9.95. The van der Waals surface area contributed by atoms with Crippen molar-refractivity contribution in [3.8, 4) is 16.8 Å². The molecule has 0 aliphatic rings. The van der Waals surface area contributed by atoms with Crippen molar-refractivity contribution in [2.45, 2.75) is 0 Å². The zero-order valence-corrected chi connectivity index (χ0v) is 24.9. The lowest BCUT2D eigenvalue weighted by molar-refractivity contribution is 1.18. The Labute approximate surface area is 264 Å². The van der Waals surface area contributed by atoms with Gasteiger partial charge in [-0.3, -0.25) is 0 Å². The van der Waals surface area contributed by atoms with Gasteiger partial charge in [0, 0.05) is 38.0 Å². The molecule has 0 atom stereocenters. The van der Waals surface area contributed by atoms with Crippen LogP contribution in [-0.4, -0.2) is 8.97 Å². The molecule has 11 aromatic rings. The third kappa shape index (κ3) is 3.15. The fourth-order valence-electron chi connectivity index (χ4n) is 8.09. The summed E-state index contributed by atoms with van der Waals surface area (Å²) in [5.74, 6) is 0. The van der Waals surface area contributed by atoms with Gasteiger partial charge in [0.25, 0.3) is 0 Å². The van der Waals surface area contributed by atoms with Crippen molar-refractivity contribution >= 4 is 81.4 Å². The highest BCUT2D eigenvalue weighted by Gasteiger charge is 2.21. The minimum atomic E-state index is 1.18. The maximum Gasteiger partial charge on any atom is 0.0620 e. The second kappa shape index (κ2) is 8.74. The third-order valence-electron chi connectivity index (χ3n) is 10.1. The Balaban J connectivity index is 1.26. The molecule has 11 rings (SSSR count). The largest absolute Gasteiger partial charge is 0.309 e. The summed E-state index contributed by atoms with van der Waals surface area (Å²) in [5, 5.41) is 12.8. The van der Waals surface area contributed by atoms with Gasteiger partial charge in [-0.05, 0) is 99.4 Å². The SMILES string of the molecule is c1ccc(-n2c3ccccc3c3cc(-c4cc5c6cc7ccccc7cc6n6c7cc8ccccc8cc7c(c4)c56)ccc32)cc1. The number of hydrogen-bond acceptors (Lipinski definition) is 0. The van der Waals surface area contributed by atoms with Crippen LogP contribution in [0.1, 0.15) is 0 Å². The summed E-state index contributed by atoms with van der Waals surface area (Å²) < 4.78 is 4.89. The minimum absolute atomic E-state index is 1.18. The van der Waals surface area contributed by atoms with Crippen LogP contribution in [-0.2, 0) is 0 Å². The van der Waals surface area contributed by atoms with Gasteiger partial charge in [0.2, 0.25) is 0 Å². The van der Waals surface area contributed by atoms with Crippen LogP contribution in [0, 0.1) is 0 Å². The number of para-hydroxylation sites is 2. The molecule has 0 N–H and O–H groups in total. The molecule has 8 aromatic carbocycles. The van der Waals surface area contributed by atoms with Gasteiger partial charge in [0.1, 0.15) is 0 Å². The van der Waals surface area contributed by atoms with E-state index in [2.05, 4.69) is 167 Å². The molecule has 0 saturated heterocycles. The van der Waals surface area contributed by atoms with Crippen molar-refractivity contribution in [2.24, 2.45) is 0 Å². The van der Waals surface area contributed by atoms with Gasteiger partial charge in [-0.1, -0.05) is 91.0 Å². The summed E-state index contributed by atoms with van der Waals surface area (Å²) in [6.07, 6.45) is 0. The molecule has 0 bridgehead atoms. The van der Waals surface area contributed by atoms with Crippen molar-refractivity contribution in [3.05, 3.63) is 158 Å². The molecule has 3 heterocycles. The Morgan fingerprint density at radius 2 is 0.804 bits per heavy atom. The first-order chi connectivity index (χ1) is 22.8. The van der Waals surface area contributed by atoms with E-state index in [1.807, 2.05) is 0 Å². The fraction of sp³-hybridized carbons (Fsp3) is 0. The lowest BCUT2D eigenvalue weighted by Gasteiger charge is -2.08. The first-order valence-electron chi connectivity index (χ1n) is 15.9. The molecule has 0 aliphatic carbocycles. The highest BCUT2D eigenvalue weighted by molar-refractivity contribution is 6.27. The van der Waals surface area contributed by atoms with Crippen LogP contribution < -0.4 is 0 Å². The standard InChI is InChI=1S/C44H26N2/c1-2-14-33(15-3-1)45-40-17-9-8-16-34(40)35-22-31(18-19-41(35)45)32-23-38-36-20-27-10-4-6-12-29(27)25-42(36)46-43-26-30-13-7-5-11-28(30)21-37(43)39(24-32)44(38)46/h1-26H. The van der Waals surface area contributed by atoms with E-state index in [4.69, 9.17) is 0 Å². The van der Waals surface area contributed by atoms with Crippen LogP contribution in [0.15, 0.2) is 158 Å². The van der Waals surface area contributed by atoms with Crippen molar-refractivity contribution in [2.75, 3.05) is 0 Å². The number of fused-ring (bicyclic) bond motifs is 11. The Kier molecular flexibility index (Phi) is 4.61. The van der Waals surface area contributed by atoms with Crippen LogP contribution in [0.4, 0.5) is 0 Å². The highest BCUT2D eigenvalue weighted by atomic mass is 15.0. The van der Waals surface area contributed by atoms with Gasteiger partial charge in [0.05, 0.1) is 27.6 Å². The van der Waals surface area contributed by atoms with E-state index in [1.165, 1.54) is 98.3 Å². The maximum atomic E-state index is 2.51. The van der Waals surface area contributed by atoms with Gasteiger partial charge in [-0.15, -0.1) is 0 Å². The van der Waals surface area contributed by atoms with Gasteiger partial charge in [-0.2, -0.15) is 0 Å². The van der Waals surface area contributed by atoms with E-state index < -0.39 is 0 Å². The maximum absolute atomic E-state index is 2.51. The van der Waals surface area contributed by atoms with Crippen molar-refractivity contribution in [1.29, 1.82) is 0 Å². The van der Waals surface area contributed by atoms with Gasteiger partial charge >= 0.3 is 0 Å². The molecule has 0 radical (unpaired) electrons. The Morgan fingerprint density at radius 1 is 0.304 bits per heavy atom. The molecule has 46 heavy (non-hydrogen) atoms. The monoisotopic (exact) mass is 582 g/mol. The zero-order valence-electron chi connectivity index (χ0n) is 24.9. The lowest BCUT2D eigenvalue weighted by Crippen LogP contribution is -1.92. The third-order valence-corrected chi connectivity index (χ3v) is 10.1. The van der Waals surface area contributed by atoms with Crippen LogP contribution >= 0.6 is 0 Å². The second-order valence-electron chi connectivity index (χ2n) is 12.6. The van der Waals surface area contributed by atoms with Crippen molar-refractivity contribution in [3.63, 3.8) is 0 Å². The Bertz CT molecular complexity index is 2890. The predicted molar refractivity (Wildman–Crippen MR) is 196 cm³/mol. The molecular formula is C44H26N2. The predicted octanol–water partition coefficient (Wildman–Crippen LogP) is 11.9. The molecule has 0 fully saturated rings. The number of hydrogen-bond donors (Lipinski definition) is 0. The normalized spacial score (nSPS) is 12.3. The van der Waals surface area contributed by atoms with Gasteiger partial charge < -0.3 is 8.97 Å². The average molecular weight is 583 g/mol. The van der Waals surface area contributed by atoms with E-state index in [9.17, 15) is 0 Å². The first kappa shape index (κ1) is 24.2. The highest BCUT2D eigenvalue weighted by Crippen LogP contribution is 2.44. The topological polar surface area (TPSA) is 9.34 Å². The smallest absolute Gasteiger partial charge is 0.0620 e. The van der Waals surface area contributed by atoms with Gasteiger partial charge in [0.15, 0.2) is 0 Å². The number of nitrogens with zero attached hydrogens (tertiary/aromatic N) is 2. The summed E-state index contributed by atoms with van der Waals surface area (Å²) in [4.78, 5) is 0. The number of rotatable bonds is 2. The molecule has 3 aromatic heterocycles. The van der Waals surface area contributed by atoms with Crippen LogP contribution in [0.5, 0.6) is 0 Å². The Morgan fingerprint density at radius 3 is 1.46 bits per heavy atom. The fourth-order valence-corrected chi connectivity index (χ4v) is 8.09. The molecule has 212 valence electrons. The molecule has 2 nitrogen and oxygen atoms in total. The van der Waals surface area contributed by atoms with E-state index >= 15 is 0 Å². The molecule has 0 amide bonds. The van der Waals surface area contributed by atoms with Crippen molar-refractivity contribution < 1.29 is 0 Å². The van der Waals surface area contributed by atoms with Crippen molar-refractivity contribution in [1.82, 2.24) is 8.97 Å². The first-order valence-corrected chi connectivity index (χ1v) is 15.9. The molecule has 0 aliphatic heterocycles. The van der Waals surface area contributed by atoms with Crippen LogP contribution in [0.25, 0.3) is 98.3 Å². The summed E-state index contributed by atoms with van der Waals surface area (Å²) >= 11 is 0. The number of benzene rings is 8. The zero-order chi connectivity index (χ0) is 29.9. The van der Waals surface area contributed by atoms with E-state index in [-0.39, 0.29) is 0 Å². The molecule has 0 saturated carbocycles.